The van der Waals surface area contributed by atoms with Crippen molar-refractivity contribution in [3.63, 3.8) is 0 Å². The fourth-order valence-electron chi connectivity index (χ4n) is 7.76. The van der Waals surface area contributed by atoms with Crippen molar-refractivity contribution in [3.8, 4) is 5.75 Å². The highest BCUT2D eigenvalue weighted by atomic mass is 16.5. The minimum atomic E-state index is -0.361. The fourth-order valence-corrected chi connectivity index (χ4v) is 7.76. The van der Waals surface area contributed by atoms with Crippen LogP contribution in [0, 0.1) is 5.41 Å². The lowest BCUT2D eigenvalue weighted by Crippen LogP contribution is -2.42. The molecular weight excluding hydrogens is 695 g/mol. The number of rotatable bonds is 10. The van der Waals surface area contributed by atoms with E-state index >= 15 is 0 Å². The number of fused-ring (bicyclic) bond motifs is 2. The summed E-state index contributed by atoms with van der Waals surface area (Å²) in [5.74, 6) is 1.96. The van der Waals surface area contributed by atoms with Gasteiger partial charge in [0.1, 0.15) is 23.4 Å². The zero-order chi connectivity index (χ0) is 38.5. The first-order valence-corrected chi connectivity index (χ1v) is 19.8. The van der Waals surface area contributed by atoms with Gasteiger partial charge in [0, 0.05) is 56.5 Å². The van der Waals surface area contributed by atoms with E-state index in [0.29, 0.717) is 35.8 Å². The molecule has 2 aliphatic heterocycles. The molecule has 14 heteroatoms. The summed E-state index contributed by atoms with van der Waals surface area (Å²) < 4.78 is 16.1. The lowest BCUT2D eigenvalue weighted by atomic mass is 9.85. The summed E-state index contributed by atoms with van der Waals surface area (Å²) in [6.45, 7) is 13.0. The van der Waals surface area contributed by atoms with Crippen molar-refractivity contribution in [1.82, 2.24) is 39.9 Å². The number of piperidine rings is 2. The van der Waals surface area contributed by atoms with Crippen LogP contribution in [0.15, 0.2) is 71.8 Å². The van der Waals surface area contributed by atoms with E-state index in [2.05, 4.69) is 54.8 Å². The van der Waals surface area contributed by atoms with E-state index in [0.717, 1.165) is 93.3 Å². The number of likely N-dealkylation sites (tertiary alicyclic amines) is 1. The van der Waals surface area contributed by atoms with E-state index in [4.69, 9.17) is 20.2 Å². The number of benzene rings is 1. The quantitative estimate of drug-likeness (QED) is 0.125. The van der Waals surface area contributed by atoms with E-state index in [1.54, 1.807) is 19.4 Å². The van der Waals surface area contributed by atoms with Gasteiger partial charge in [-0.25, -0.2) is 9.79 Å². The normalized spacial score (nSPS) is 21.8. The summed E-state index contributed by atoms with van der Waals surface area (Å²) >= 11 is 0. The number of pyridine rings is 1. The molecule has 3 aromatic heterocycles. The molecule has 294 valence electrons. The fraction of sp³-hybridized carbons (Fsp3) is 0.537. The van der Waals surface area contributed by atoms with Gasteiger partial charge in [0.2, 0.25) is 5.95 Å². The predicted molar refractivity (Wildman–Crippen MR) is 215 cm³/mol. The molecule has 7 rings (SSSR count). The van der Waals surface area contributed by atoms with E-state index in [-0.39, 0.29) is 23.6 Å². The number of nitrogens with two attached hydrogens (primary N) is 1. The molecule has 1 aromatic carbocycles. The first-order chi connectivity index (χ1) is 26.5. The van der Waals surface area contributed by atoms with Gasteiger partial charge in [-0.15, -0.1) is 10.2 Å². The number of nitrogens with one attached hydrogen (secondary N) is 2. The Labute approximate surface area is 324 Å². The summed E-state index contributed by atoms with van der Waals surface area (Å²) in [5.41, 5.74) is 10.3. The van der Waals surface area contributed by atoms with Crippen LogP contribution in [-0.4, -0.2) is 86.6 Å². The van der Waals surface area contributed by atoms with Crippen LogP contribution in [0.25, 0.3) is 5.65 Å². The molecule has 14 nitrogen and oxygen atoms in total. The molecule has 3 aliphatic rings. The lowest BCUT2D eigenvalue weighted by molar-refractivity contribution is 0.0400. The smallest absolute Gasteiger partial charge is 0.320 e. The van der Waals surface area contributed by atoms with Gasteiger partial charge in [-0.3, -0.25) is 14.4 Å². The Bertz CT molecular complexity index is 1990. The van der Waals surface area contributed by atoms with Crippen molar-refractivity contribution >= 4 is 29.1 Å². The van der Waals surface area contributed by atoms with Gasteiger partial charge in [0.15, 0.2) is 5.65 Å². The number of aromatic nitrogens is 5. The number of ether oxygens (including phenoxy) is 2. The molecule has 0 unspecified atom stereocenters. The maximum Gasteiger partial charge on any atom is 0.320 e. The summed E-state index contributed by atoms with van der Waals surface area (Å²) in [6, 6.07) is 11.9. The maximum absolute atomic E-state index is 13.7. The standard InChI is InChI=1S/C41H57N11O3/c1-28-10-8-9-19-51(28)40-48-47-38-16-13-31(27-52(38)40)55-35-15-14-34(32-11-6-7-12-33(32)35)45-39(53)46-37(24-36(42)41(2,3)4)44-29-25-43-50(26-29)23-22-49-20-17-30(54-5)18-21-49/h6-7,11-13,16,24-28,30,34-35H,8-10,14-15,17-23,42H2,1-5H3,(H2,44,45,46,53)/t28-,34-,35+/m0/s1. The van der Waals surface area contributed by atoms with E-state index in [9.17, 15) is 4.79 Å². The van der Waals surface area contributed by atoms with Crippen LogP contribution in [0.2, 0.25) is 0 Å². The molecule has 0 radical (unpaired) electrons. The number of allylic oxidation sites excluding steroid dienone is 1. The number of carbonyl (C=O) groups is 1. The molecule has 0 bridgehead atoms. The summed E-state index contributed by atoms with van der Waals surface area (Å²) in [6.07, 6.45) is 14.6. The second-order valence-electron chi connectivity index (χ2n) is 16.2. The maximum atomic E-state index is 13.7. The number of methoxy groups -OCH3 is 1. The number of carbonyl (C=O) groups excluding carboxylic acids is 1. The third-order valence-corrected chi connectivity index (χ3v) is 11.2. The second kappa shape index (κ2) is 16.8. The molecule has 2 amide bonds. The summed E-state index contributed by atoms with van der Waals surface area (Å²) in [4.78, 5) is 23.2. The molecule has 0 saturated carbocycles. The highest BCUT2D eigenvalue weighted by Crippen LogP contribution is 2.39. The first kappa shape index (κ1) is 38.3. The van der Waals surface area contributed by atoms with Crippen LogP contribution in [0.4, 0.5) is 16.4 Å². The van der Waals surface area contributed by atoms with Crippen molar-refractivity contribution in [3.05, 3.63) is 77.9 Å². The number of amides is 2. The van der Waals surface area contributed by atoms with Crippen LogP contribution in [0.3, 0.4) is 0 Å². The molecule has 4 N–H and O–H groups in total. The number of aliphatic imine (C=N–C) groups is 1. The zero-order valence-corrected chi connectivity index (χ0v) is 32.9. The molecular formula is C41H57N11O3. The molecule has 3 atom stereocenters. The van der Waals surface area contributed by atoms with Gasteiger partial charge in [-0.2, -0.15) is 5.10 Å². The minimum Gasteiger partial charge on any atom is -0.484 e. The van der Waals surface area contributed by atoms with Crippen LogP contribution < -0.4 is 26.0 Å². The monoisotopic (exact) mass is 751 g/mol. The predicted octanol–water partition coefficient (Wildman–Crippen LogP) is 6.29. The van der Waals surface area contributed by atoms with Gasteiger partial charge in [0.25, 0.3) is 0 Å². The van der Waals surface area contributed by atoms with Crippen molar-refractivity contribution in [2.45, 2.75) is 103 Å². The van der Waals surface area contributed by atoms with E-state index < -0.39 is 0 Å². The third-order valence-electron chi connectivity index (χ3n) is 11.2. The van der Waals surface area contributed by atoms with Crippen molar-refractivity contribution in [1.29, 1.82) is 0 Å². The lowest BCUT2D eigenvalue weighted by Gasteiger charge is -2.33. The molecule has 5 heterocycles. The third kappa shape index (κ3) is 9.30. The van der Waals surface area contributed by atoms with Gasteiger partial charge in [-0.1, -0.05) is 45.0 Å². The first-order valence-electron chi connectivity index (χ1n) is 19.8. The number of hydrogen-bond acceptors (Lipinski definition) is 10. The minimum absolute atomic E-state index is 0.177. The largest absolute Gasteiger partial charge is 0.484 e. The van der Waals surface area contributed by atoms with Crippen LogP contribution in [0.5, 0.6) is 5.75 Å². The Kier molecular flexibility index (Phi) is 11.7. The topological polar surface area (TPSA) is 152 Å². The van der Waals surface area contributed by atoms with Gasteiger partial charge < -0.3 is 30.3 Å². The number of hydrogen-bond donors (Lipinski definition) is 3. The molecule has 55 heavy (non-hydrogen) atoms. The molecule has 4 aromatic rings. The molecule has 1 aliphatic carbocycles. The number of amidine groups is 1. The van der Waals surface area contributed by atoms with Gasteiger partial charge >= 0.3 is 6.03 Å². The second-order valence-corrected chi connectivity index (χ2v) is 16.2. The Morgan fingerprint density at radius 2 is 1.78 bits per heavy atom. The molecule has 2 saturated heterocycles. The number of nitrogens with zero attached hydrogens (tertiary/aromatic N) is 8. The van der Waals surface area contributed by atoms with Crippen LogP contribution >= 0.6 is 0 Å². The highest BCUT2D eigenvalue weighted by Gasteiger charge is 2.30. The van der Waals surface area contributed by atoms with Crippen LogP contribution in [-0.2, 0) is 11.3 Å². The zero-order valence-electron chi connectivity index (χ0n) is 32.9. The van der Waals surface area contributed by atoms with Crippen molar-refractivity contribution in [2.24, 2.45) is 16.1 Å². The van der Waals surface area contributed by atoms with E-state index in [1.165, 1.54) is 6.42 Å². The van der Waals surface area contributed by atoms with E-state index in [1.807, 2.05) is 66.5 Å². The average Bonchev–Trinajstić information content (AvgIpc) is 3.81. The van der Waals surface area contributed by atoms with Crippen molar-refractivity contribution < 1.29 is 14.3 Å². The average molecular weight is 752 g/mol. The van der Waals surface area contributed by atoms with Gasteiger partial charge in [-0.05, 0) is 75.1 Å². The Morgan fingerprint density at radius 3 is 2.55 bits per heavy atom. The number of anilines is 1. The molecule has 0 spiro atoms. The van der Waals surface area contributed by atoms with Gasteiger partial charge in [0.05, 0.1) is 37.3 Å². The Hall–Kier alpha value is -4.95. The van der Waals surface area contributed by atoms with Crippen molar-refractivity contribution in [2.75, 3.05) is 38.2 Å². The Balaban J connectivity index is 1.02. The highest BCUT2D eigenvalue weighted by molar-refractivity contribution is 6.05. The summed E-state index contributed by atoms with van der Waals surface area (Å²) in [7, 11) is 1.79. The Morgan fingerprint density at radius 1 is 0.982 bits per heavy atom. The summed E-state index contributed by atoms with van der Waals surface area (Å²) in [5, 5.41) is 19.7. The molecule has 2 fully saturated rings. The SMILES string of the molecule is COC1CCN(CCn2cc(N=C(C=C(N)C(C)(C)C)NC(=O)N[C@H]3CC[C@@H](Oc4ccc5nnc(N6CCCC[C@@H]6C)n5c4)c4ccccc43)cn2)CC1. The van der Waals surface area contributed by atoms with Crippen LogP contribution in [0.1, 0.15) is 95.9 Å². The number of urea groups is 1.